The molecular formula is C17H13FN2O3. The minimum absolute atomic E-state index is 0.0392. The SMILES string of the molecule is NC(=O)n1c(O)c(C(=O)Cc2ccccc2)c2ccc(F)cc21. The molecule has 1 amide bonds. The number of Topliss-reactive ketones (excluding diaryl/α,β-unsaturated/α-hetero) is 1. The summed E-state index contributed by atoms with van der Waals surface area (Å²) in [6, 6.07) is 11.6. The van der Waals surface area contributed by atoms with Crippen LogP contribution in [-0.2, 0) is 6.42 Å². The van der Waals surface area contributed by atoms with Gasteiger partial charge in [-0.2, -0.15) is 0 Å². The number of carbonyl (C=O) groups is 2. The molecule has 23 heavy (non-hydrogen) atoms. The Morgan fingerprint density at radius 3 is 2.48 bits per heavy atom. The van der Waals surface area contributed by atoms with Gasteiger partial charge < -0.3 is 10.8 Å². The van der Waals surface area contributed by atoms with Gasteiger partial charge in [0.2, 0.25) is 5.88 Å². The van der Waals surface area contributed by atoms with Gasteiger partial charge in [0.15, 0.2) is 5.78 Å². The van der Waals surface area contributed by atoms with Crippen molar-refractivity contribution in [3.05, 3.63) is 65.5 Å². The summed E-state index contributed by atoms with van der Waals surface area (Å²) in [5.41, 5.74) is 6.01. The van der Waals surface area contributed by atoms with E-state index in [1.165, 1.54) is 6.07 Å². The first kappa shape index (κ1) is 14.8. The molecule has 3 N–H and O–H groups in total. The van der Waals surface area contributed by atoms with Gasteiger partial charge >= 0.3 is 6.03 Å². The molecule has 1 aromatic heterocycles. The normalized spacial score (nSPS) is 10.8. The molecule has 0 aliphatic rings. The van der Waals surface area contributed by atoms with Gasteiger partial charge in [0.05, 0.1) is 11.1 Å². The van der Waals surface area contributed by atoms with Crippen LogP contribution < -0.4 is 5.73 Å². The fourth-order valence-electron chi connectivity index (χ4n) is 2.62. The average molecular weight is 312 g/mol. The number of ketones is 1. The van der Waals surface area contributed by atoms with Crippen LogP contribution in [0.3, 0.4) is 0 Å². The highest BCUT2D eigenvalue weighted by Crippen LogP contribution is 2.32. The highest BCUT2D eigenvalue weighted by Gasteiger charge is 2.24. The second-order valence-corrected chi connectivity index (χ2v) is 5.12. The van der Waals surface area contributed by atoms with E-state index in [4.69, 9.17) is 5.73 Å². The minimum Gasteiger partial charge on any atom is -0.494 e. The van der Waals surface area contributed by atoms with Gasteiger partial charge in [0.25, 0.3) is 0 Å². The third-order valence-corrected chi connectivity index (χ3v) is 3.61. The van der Waals surface area contributed by atoms with Crippen LogP contribution in [0.4, 0.5) is 9.18 Å². The van der Waals surface area contributed by atoms with Crippen LogP contribution in [0.25, 0.3) is 10.9 Å². The molecule has 0 fully saturated rings. The first-order valence-electron chi connectivity index (χ1n) is 6.89. The van der Waals surface area contributed by atoms with E-state index < -0.39 is 17.7 Å². The second-order valence-electron chi connectivity index (χ2n) is 5.12. The molecule has 6 heteroatoms. The van der Waals surface area contributed by atoms with Gasteiger partial charge in [-0.15, -0.1) is 0 Å². The molecule has 5 nitrogen and oxygen atoms in total. The van der Waals surface area contributed by atoms with E-state index in [1.54, 1.807) is 24.3 Å². The predicted octanol–water partition coefficient (Wildman–Crippen LogP) is 2.84. The van der Waals surface area contributed by atoms with E-state index >= 15 is 0 Å². The molecular weight excluding hydrogens is 299 g/mol. The minimum atomic E-state index is -0.989. The number of nitrogens with two attached hydrogens (primary N) is 1. The number of nitrogens with zero attached hydrogens (tertiary/aromatic N) is 1. The fraction of sp³-hybridized carbons (Fsp3) is 0.0588. The number of benzene rings is 2. The monoisotopic (exact) mass is 312 g/mol. The molecule has 1 heterocycles. The summed E-state index contributed by atoms with van der Waals surface area (Å²) in [5, 5.41) is 10.5. The van der Waals surface area contributed by atoms with Gasteiger partial charge in [0, 0.05) is 11.8 Å². The average Bonchev–Trinajstić information content (AvgIpc) is 2.79. The van der Waals surface area contributed by atoms with Gasteiger partial charge in [-0.25, -0.2) is 13.8 Å². The smallest absolute Gasteiger partial charge is 0.326 e. The molecule has 3 rings (SSSR count). The number of carbonyl (C=O) groups excluding carboxylic acids is 2. The van der Waals surface area contributed by atoms with E-state index in [0.29, 0.717) is 0 Å². The molecule has 0 unspecified atom stereocenters. The maximum Gasteiger partial charge on any atom is 0.326 e. The van der Waals surface area contributed by atoms with Crippen LogP contribution in [0.5, 0.6) is 5.88 Å². The first-order chi connectivity index (χ1) is 11.0. The number of fused-ring (bicyclic) bond motifs is 1. The van der Waals surface area contributed by atoms with Crippen molar-refractivity contribution in [1.82, 2.24) is 4.57 Å². The van der Waals surface area contributed by atoms with E-state index in [1.807, 2.05) is 6.07 Å². The van der Waals surface area contributed by atoms with Crippen molar-refractivity contribution in [3.8, 4) is 5.88 Å². The first-order valence-corrected chi connectivity index (χ1v) is 6.89. The molecule has 0 aliphatic heterocycles. The van der Waals surface area contributed by atoms with E-state index in [9.17, 15) is 19.1 Å². The van der Waals surface area contributed by atoms with E-state index in [0.717, 1.165) is 22.3 Å². The Labute approximate surface area is 130 Å². The summed E-state index contributed by atoms with van der Waals surface area (Å²) in [6.07, 6.45) is 0.0453. The summed E-state index contributed by atoms with van der Waals surface area (Å²) >= 11 is 0. The lowest BCUT2D eigenvalue weighted by Gasteiger charge is -2.02. The van der Waals surface area contributed by atoms with Crippen LogP contribution >= 0.6 is 0 Å². The zero-order chi connectivity index (χ0) is 16.6. The van der Waals surface area contributed by atoms with Crippen molar-refractivity contribution in [2.45, 2.75) is 6.42 Å². The van der Waals surface area contributed by atoms with E-state index in [-0.39, 0.29) is 28.7 Å². The lowest BCUT2D eigenvalue weighted by molar-refractivity contribution is 0.0992. The van der Waals surface area contributed by atoms with Crippen LogP contribution in [-0.4, -0.2) is 21.5 Å². The molecule has 0 radical (unpaired) electrons. The Morgan fingerprint density at radius 1 is 1.13 bits per heavy atom. The van der Waals surface area contributed by atoms with Gasteiger partial charge in [0.1, 0.15) is 5.82 Å². The van der Waals surface area contributed by atoms with Crippen LogP contribution in [0, 0.1) is 5.82 Å². The number of hydrogen-bond donors (Lipinski definition) is 2. The summed E-state index contributed by atoms with van der Waals surface area (Å²) in [7, 11) is 0. The number of aromatic hydroxyl groups is 1. The van der Waals surface area contributed by atoms with Crippen molar-refractivity contribution < 1.29 is 19.1 Å². The molecule has 0 atom stereocenters. The topological polar surface area (TPSA) is 85.3 Å². The number of rotatable bonds is 3. The van der Waals surface area contributed by atoms with E-state index in [2.05, 4.69) is 0 Å². The van der Waals surface area contributed by atoms with Gasteiger partial charge in [-0.05, 0) is 23.8 Å². The summed E-state index contributed by atoms with van der Waals surface area (Å²) < 4.78 is 14.2. The quantitative estimate of drug-likeness (QED) is 0.729. The maximum atomic E-state index is 13.4. The molecule has 3 aromatic rings. The number of hydrogen-bond acceptors (Lipinski definition) is 3. The van der Waals surface area contributed by atoms with Gasteiger partial charge in [-0.3, -0.25) is 4.79 Å². The molecule has 0 aliphatic carbocycles. The maximum absolute atomic E-state index is 13.4. The Bertz CT molecular complexity index is 916. The van der Waals surface area contributed by atoms with Crippen molar-refractivity contribution in [2.75, 3.05) is 0 Å². The Kier molecular flexibility index (Phi) is 3.57. The molecule has 0 saturated carbocycles. The predicted molar refractivity (Wildman–Crippen MR) is 83.0 cm³/mol. The third kappa shape index (κ3) is 2.55. The summed E-state index contributed by atoms with van der Waals surface area (Å²) in [4.78, 5) is 24.1. The van der Waals surface area contributed by atoms with Crippen molar-refractivity contribution in [1.29, 1.82) is 0 Å². The zero-order valence-corrected chi connectivity index (χ0v) is 12.0. The Hall–Kier alpha value is -3.15. The number of aromatic nitrogens is 1. The van der Waals surface area contributed by atoms with Crippen molar-refractivity contribution in [3.63, 3.8) is 0 Å². The zero-order valence-electron chi connectivity index (χ0n) is 12.0. The Balaban J connectivity index is 2.15. The third-order valence-electron chi connectivity index (χ3n) is 3.61. The largest absolute Gasteiger partial charge is 0.494 e. The lowest BCUT2D eigenvalue weighted by Crippen LogP contribution is -2.19. The highest BCUT2D eigenvalue weighted by molar-refractivity contribution is 6.13. The second kappa shape index (κ2) is 5.57. The Morgan fingerprint density at radius 2 is 1.83 bits per heavy atom. The fourth-order valence-corrected chi connectivity index (χ4v) is 2.62. The van der Waals surface area contributed by atoms with Crippen LogP contribution in [0.1, 0.15) is 15.9 Å². The number of halogens is 1. The van der Waals surface area contributed by atoms with Crippen LogP contribution in [0.15, 0.2) is 48.5 Å². The number of primary amides is 1. The molecule has 116 valence electrons. The summed E-state index contributed by atoms with van der Waals surface area (Å²) in [6.45, 7) is 0. The standard InChI is InChI=1S/C17H13FN2O3/c18-11-6-7-12-13(9-11)20(17(19)23)16(22)15(12)14(21)8-10-4-2-1-3-5-10/h1-7,9,22H,8H2,(H2,19,23). The van der Waals surface area contributed by atoms with Gasteiger partial charge in [-0.1, -0.05) is 30.3 Å². The summed E-state index contributed by atoms with van der Waals surface area (Å²) in [5.74, 6) is -1.55. The lowest BCUT2D eigenvalue weighted by atomic mass is 10.0. The molecule has 2 aromatic carbocycles. The number of amides is 1. The molecule has 0 spiro atoms. The van der Waals surface area contributed by atoms with Crippen molar-refractivity contribution >= 4 is 22.7 Å². The molecule has 0 saturated heterocycles. The van der Waals surface area contributed by atoms with Crippen LogP contribution in [0.2, 0.25) is 0 Å². The highest BCUT2D eigenvalue weighted by atomic mass is 19.1. The van der Waals surface area contributed by atoms with Crippen molar-refractivity contribution in [2.24, 2.45) is 5.73 Å². The molecule has 0 bridgehead atoms.